The number of halogens is 5. The van der Waals surface area contributed by atoms with Gasteiger partial charge in [0.15, 0.2) is 0 Å². The first-order valence-corrected chi connectivity index (χ1v) is 10.9. The lowest BCUT2D eigenvalue weighted by atomic mass is 10.0. The Bertz CT molecular complexity index is 1060. The Balaban J connectivity index is 1.85. The minimum Gasteiger partial charge on any atom is -0.365 e. The highest BCUT2D eigenvalue weighted by Gasteiger charge is 2.65. The van der Waals surface area contributed by atoms with E-state index in [0.29, 0.717) is 51.0 Å². The van der Waals surface area contributed by atoms with Crippen LogP contribution in [0.2, 0.25) is 0 Å². The molecular formula is C17H16F5N5S2. The fourth-order valence-corrected chi connectivity index (χ4v) is 4.30. The monoisotopic (exact) mass is 449 g/mol. The van der Waals surface area contributed by atoms with Gasteiger partial charge in [-0.15, -0.1) is 0 Å². The zero-order chi connectivity index (χ0) is 21.7. The highest BCUT2D eigenvalue weighted by molar-refractivity contribution is 8.45. The van der Waals surface area contributed by atoms with E-state index in [2.05, 4.69) is 15.3 Å². The number of hydrogen-bond acceptors (Lipinski definition) is 6. The van der Waals surface area contributed by atoms with Crippen LogP contribution in [0, 0.1) is 10.8 Å². The average Bonchev–Trinajstić information content (AvgIpc) is 2.94. The maximum Gasteiger partial charge on any atom is 0.310 e. The zero-order valence-electron chi connectivity index (χ0n) is 15.2. The van der Waals surface area contributed by atoms with E-state index in [-0.39, 0.29) is 11.6 Å². The molecule has 12 heteroatoms. The van der Waals surface area contributed by atoms with Crippen LogP contribution < -0.4 is 5.32 Å². The van der Waals surface area contributed by atoms with Gasteiger partial charge in [-0.05, 0) is 37.1 Å². The third-order valence-electron chi connectivity index (χ3n) is 4.24. The van der Waals surface area contributed by atoms with Gasteiger partial charge in [0.2, 0.25) is 0 Å². The second-order valence-electron chi connectivity index (χ2n) is 6.42. The van der Waals surface area contributed by atoms with Crippen LogP contribution in [0.15, 0.2) is 46.0 Å². The van der Waals surface area contributed by atoms with E-state index in [0.717, 1.165) is 23.9 Å². The molecule has 0 saturated heterocycles. The summed E-state index contributed by atoms with van der Waals surface area (Å²) < 4.78 is 64.0. The zero-order valence-corrected chi connectivity index (χ0v) is 16.8. The minimum absolute atomic E-state index is 0.0412. The van der Waals surface area contributed by atoms with Gasteiger partial charge in [-0.25, -0.2) is 9.97 Å². The van der Waals surface area contributed by atoms with Crippen molar-refractivity contribution in [2.24, 2.45) is 0 Å². The lowest BCUT2D eigenvalue weighted by Gasteiger charge is -2.40. The van der Waals surface area contributed by atoms with E-state index >= 15 is 0 Å². The summed E-state index contributed by atoms with van der Waals surface area (Å²) in [6, 6.07) is 2.68. The fraction of sp³-hybridized carbons (Fsp3) is 0.176. The molecule has 2 aromatic rings. The van der Waals surface area contributed by atoms with Crippen molar-refractivity contribution in [3.05, 3.63) is 47.4 Å². The molecule has 5 nitrogen and oxygen atoms in total. The van der Waals surface area contributed by atoms with Crippen LogP contribution in [0.4, 0.5) is 25.2 Å². The Morgan fingerprint density at radius 2 is 1.69 bits per heavy atom. The number of anilines is 1. The van der Waals surface area contributed by atoms with Gasteiger partial charge in [-0.2, -0.15) is 0 Å². The molecule has 1 aromatic carbocycles. The number of aromatic nitrogens is 2. The quantitative estimate of drug-likeness (QED) is 0.353. The Hall–Kier alpha value is -2.47. The van der Waals surface area contributed by atoms with Gasteiger partial charge in [0.25, 0.3) is 0 Å². The lowest BCUT2D eigenvalue weighted by Crippen LogP contribution is -2.07. The van der Waals surface area contributed by atoms with Crippen LogP contribution in [0.5, 0.6) is 0 Å². The smallest absolute Gasteiger partial charge is 0.310 e. The molecule has 3 N–H and O–H groups in total. The van der Waals surface area contributed by atoms with Crippen LogP contribution in [0.3, 0.4) is 0 Å². The summed E-state index contributed by atoms with van der Waals surface area (Å²) >= 11 is 1.11. The first kappa shape index (κ1) is 21.2. The number of rotatable bonds is 5. The molecular weight excluding hydrogens is 433 g/mol. The second-order valence-corrected chi connectivity index (χ2v) is 9.85. The molecule has 1 aromatic heterocycles. The summed E-state index contributed by atoms with van der Waals surface area (Å²) in [5, 5.41) is 19.1. The number of hydrogen-bond donors (Lipinski definition) is 3. The van der Waals surface area contributed by atoms with Gasteiger partial charge < -0.3 is 10.7 Å². The van der Waals surface area contributed by atoms with Crippen molar-refractivity contribution in [3.8, 4) is 0 Å². The van der Waals surface area contributed by atoms with Crippen molar-refractivity contribution in [1.29, 1.82) is 10.8 Å². The molecule has 0 atom stereocenters. The predicted octanol–water partition coefficient (Wildman–Crippen LogP) is 6.64. The number of benzene rings is 1. The molecule has 2 heterocycles. The maximum absolute atomic E-state index is 12.8. The number of thioether (sulfide) groups is 1. The van der Waals surface area contributed by atoms with Gasteiger partial charge in [0.05, 0.1) is 10.6 Å². The standard InChI is InChI=1S/C17H16F5N5S2/c1-9(10(2)23)13-14-15(28-16(13)24)17(27-8-26-14)25-7-11-3-5-12(6-4-11)29(18,19,20,21)22/h3-6,8,23-24H,7H2,1-2H3,(H,25,26,27)/b13-9-,23-10?,24-16?. The first-order chi connectivity index (χ1) is 13.2. The Morgan fingerprint density at radius 3 is 2.24 bits per heavy atom. The SMILES string of the molecule is CC(=N)/C(C)=C1\C(=N)Sc2c(NCc3ccc(S(F)(F)(F)(F)F)cc3)ncnc21. The average molecular weight is 449 g/mol. The van der Waals surface area contributed by atoms with E-state index in [4.69, 9.17) is 10.8 Å². The maximum atomic E-state index is 12.8. The molecule has 1 aliphatic heterocycles. The number of allylic oxidation sites excluding steroid dienone is 1. The van der Waals surface area contributed by atoms with Crippen LogP contribution in [0.1, 0.15) is 25.1 Å². The van der Waals surface area contributed by atoms with Gasteiger partial charge in [0.1, 0.15) is 22.1 Å². The van der Waals surface area contributed by atoms with Gasteiger partial charge in [-0.1, -0.05) is 43.3 Å². The highest BCUT2D eigenvalue weighted by Crippen LogP contribution is 3.02. The van der Waals surface area contributed by atoms with Crippen LogP contribution >= 0.6 is 22.0 Å². The van der Waals surface area contributed by atoms with Crippen molar-refractivity contribution in [2.45, 2.75) is 30.2 Å². The summed E-state index contributed by atoms with van der Waals surface area (Å²) in [4.78, 5) is 6.93. The predicted molar refractivity (Wildman–Crippen MR) is 107 cm³/mol. The summed E-state index contributed by atoms with van der Waals surface area (Å²) in [5.41, 5.74) is 2.29. The van der Waals surface area contributed by atoms with Gasteiger partial charge in [-0.3, -0.25) is 5.41 Å². The van der Waals surface area contributed by atoms with Gasteiger partial charge >= 0.3 is 10.2 Å². The van der Waals surface area contributed by atoms with Crippen molar-refractivity contribution < 1.29 is 19.4 Å². The Morgan fingerprint density at radius 1 is 1.07 bits per heavy atom. The van der Waals surface area contributed by atoms with Gasteiger partial charge in [0, 0.05) is 17.8 Å². The van der Waals surface area contributed by atoms with E-state index in [1.165, 1.54) is 6.33 Å². The number of fused-ring (bicyclic) bond motifs is 1. The molecule has 3 rings (SSSR count). The summed E-state index contributed by atoms with van der Waals surface area (Å²) in [6.07, 6.45) is 1.28. The van der Waals surface area contributed by atoms with Crippen molar-refractivity contribution in [3.63, 3.8) is 0 Å². The molecule has 0 saturated carbocycles. The molecule has 0 fully saturated rings. The molecule has 0 amide bonds. The number of nitrogens with zero attached hydrogens (tertiary/aromatic N) is 2. The van der Waals surface area contributed by atoms with Crippen molar-refractivity contribution >= 4 is 44.1 Å². The number of nitrogens with one attached hydrogen (secondary N) is 3. The highest BCUT2D eigenvalue weighted by atomic mass is 32.5. The Kier molecular flexibility index (Phi) is 4.59. The molecule has 29 heavy (non-hydrogen) atoms. The largest absolute Gasteiger partial charge is 0.365 e. The normalized spacial score (nSPS) is 18.0. The van der Waals surface area contributed by atoms with Crippen molar-refractivity contribution in [1.82, 2.24) is 9.97 Å². The van der Waals surface area contributed by atoms with E-state index in [1.54, 1.807) is 13.8 Å². The molecule has 0 spiro atoms. The third kappa shape index (κ3) is 4.42. The van der Waals surface area contributed by atoms with Crippen LogP contribution in [0.25, 0.3) is 5.57 Å². The lowest BCUT2D eigenvalue weighted by molar-refractivity contribution is 0.364. The first-order valence-electron chi connectivity index (χ1n) is 8.13. The fourth-order valence-electron chi connectivity index (χ4n) is 2.62. The molecule has 0 radical (unpaired) electrons. The molecule has 1 aliphatic rings. The molecule has 0 aliphatic carbocycles. The third-order valence-corrected chi connectivity index (χ3v) is 6.40. The molecule has 0 bridgehead atoms. The summed E-state index contributed by atoms with van der Waals surface area (Å²) in [6.45, 7) is 3.37. The molecule has 156 valence electrons. The van der Waals surface area contributed by atoms with E-state index < -0.39 is 15.1 Å². The second kappa shape index (κ2) is 6.26. The van der Waals surface area contributed by atoms with E-state index in [9.17, 15) is 19.4 Å². The van der Waals surface area contributed by atoms with Crippen LogP contribution in [-0.2, 0) is 6.54 Å². The van der Waals surface area contributed by atoms with Crippen LogP contribution in [-0.4, -0.2) is 20.7 Å². The summed E-state index contributed by atoms with van der Waals surface area (Å²) in [5.74, 6) is 0.368. The topological polar surface area (TPSA) is 85.5 Å². The van der Waals surface area contributed by atoms with Crippen molar-refractivity contribution in [2.75, 3.05) is 5.32 Å². The Labute approximate surface area is 167 Å². The minimum atomic E-state index is -9.69. The molecule has 0 unspecified atom stereocenters. The van der Waals surface area contributed by atoms with E-state index in [1.807, 2.05) is 0 Å². The summed E-state index contributed by atoms with van der Waals surface area (Å²) in [7, 11) is -9.69.